The average Bonchev–Trinajstić information content (AvgIpc) is 2.81. The normalized spacial score (nSPS) is 14.5. The van der Waals surface area contributed by atoms with Gasteiger partial charge >= 0.3 is 0 Å². The molecule has 0 bridgehead atoms. The molecule has 3 aromatic rings. The summed E-state index contributed by atoms with van der Waals surface area (Å²) in [6, 6.07) is 24.6. The average molecular weight is 452 g/mol. The summed E-state index contributed by atoms with van der Waals surface area (Å²) in [5.74, 6) is -0.0526. The first-order valence-corrected chi connectivity index (χ1v) is 12.0. The van der Waals surface area contributed by atoms with Crippen LogP contribution < -0.4 is 9.62 Å². The Hall–Kier alpha value is -2.47. The molecule has 1 N–H and O–H groups in total. The van der Waals surface area contributed by atoms with Gasteiger partial charge in [0.05, 0.1) is 0 Å². The summed E-state index contributed by atoms with van der Waals surface area (Å²) in [7, 11) is 0. The zero-order valence-electron chi connectivity index (χ0n) is 17.6. The number of carbonyl (C=O) groups is 1. The molecule has 0 saturated carbocycles. The van der Waals surface area contributed by atoms with Crippen LogP contribution in [0, 0.1) is 0 Å². The smallest absolute Gasteiger partial charge is 0.261 e. The maximum Gasteiger partial charge on any atom is 0.261 e. The second-order valence-electron chi connectivity index (χ2n) is 7.61. The fourth-order valence-corrected chi connectivity index (χ4v) is 4.38. The van der Waals surface area contributed by atoms with Crippen LogP contribution in [0.5, 0.6) is 0 Å². The van der Waals surface area contributed by atoms with E-state index in [1.807, 2.05) is 42.7 Å². The lowest BCUT2D eigenvalue weighted by atomic mass is 9.99. The van der Waals surface area contributed by atoms with Crippen molar-refractivity contribution < 1.29 is 4.79 Å². The van der Waals surface area contributed by atoms with Crippen LogP contribution in [0.2, 0.25) is 5.02 Å². The van der Waals surface area contributed by atoms with Crippen LogP contribution in [0.1, 0.15) is 15.9 Å². The fraction of sp³-hybridized carbons (Fsp3) is 0.240. The maximum atomic E-state index is 11.9. The minimum atomic E-state index is -0.0526. The zero-order chi connectivity index (χ0) is 21.6. The predicted molar refractivity (Wildman–Crippen MR) is 132 cm³/mol. The SMILES string of the molecule is CSNC(=O)c1ccc(N2CCN(Cc3ccccc3-c3ccc(Cl)cc3)CC2)cc1. The van der Waals surface area contributed by atoms with E-state index in [2.05, 4.69) is 50.9 Å². The number of amides is 1. The van der Waals surface area contributed by atoms with Gasteiger partial charge in [0, 0.05) is 55.3 Å². The summed E-state index contributed by atoms with van der Waals surface area (Å²) in [6.07, 6.45) is 1.85. The number of hydrogen-bond donors (Lipinski definition) is 1. The van der Waals surface area contributed by atoms with E-state index in [0.29, 0.717) is 5.56 Å². The minimum absolute atomic E-state index is 0.0526. The van der Waals surface area contributed by atoms with Gasteiger partial charge in [-0.1, -0.05) is 59.9 Å². The summed E-state index contributed by atoms with van der Waals surface area (Å²) in [5.41, 5.74) is 5.66. The fourth-order valence-electron chi connectivity index (χ4n) is 3.95. The van der Waals surface area contributed by atoms with Crippen LogP contribution in [-0.4, -0.2) is 43.2 Å². The molecule has 1 fully saturated rings. The van der Waals surface area contributed by atoms with Crippen LogP contribution in [-0.2, 0) is 6.54 Å². The van der Waals surface area contributed by atoms with Crippen molar-refractivity contribution in [2.75, 3.05) is 37.3 Å². The Morgan fingerprint density at radius 1 is 0.935 bits per heavy atom. The van der Waals surface area contributed by atoms with Gasteiger partial charge < -0.3 is 4.90 Å². The summed E-state index contributed by atoms with van der Waals surface area (Å²) in [6.45, 7) is 4.88. The molecule has 1 saturated heterocycles. The van der Waals surface area contributed by atoms with Crippen molar-refractivity contribution in [3.05, 3.63) is 88.9 Å². The molecule has 1 aliphatic heterocycles. The number of hydrogen-bond acceptors (Lipinski definition) is 4. The van der Waals surface area contributed by atoms with E-state index in [1.165, 1.54) is 34.3 Å². The van der Waals surface area contributed by atoms with Crippen LogP contribution in [0.3, 0.4) is 0 Å². The Balaban J connectivity index is 1.38. The van der Waals surface area contributed by atoms with Gasteiger partial charge in [-0.15, -0.1) is 0 Å². The van der Waals surface area contributed by atoms with Gasteiger partial charge in [0.15, 0.2) is 0 Å². The molecule has 4 rings (SSSR count). The number of benzene rings is 3. The summed E-state index contributed by atoms with van der Waals surface area (Å²) >= 11 is 7.38. The molecule has 3 aromatic carbocycles. The summed E-state index contributed by atoms with van der Waals surface area (Å²) in [4.78, 5) is 16.8. The number of nitrogens with one attached hydrogen (secondary N) is 1. The van der Waals surface area contributed by atoms with E-state index in [1.54, 1.807) is 0 Å². The van der Waals surface area contributed by atoms with Crippen LogP contribution in [0.15, 0.2) is 72.8 Å². The molecule has 0 atom stereocenters. The molecular formula is C25H26ClN3OS. The van der Waals surface area contributed by atoms with Crippen molar-refractivity contribution in [1.82, 2.24) is 9.62 Å². The number of halogens is 1. The van der Waals surface area contributed by atoms with Gasteiger partial charge in [-0.2, -0.15) is 0 Å². The molecular weight excluding hydrogens is 426 g/mol. The standard InChI is InChI=1S/C25H26ClN3OS/c1-31-27-25(30)20-8-12-23(13-9-20)29-16-14-28(15-17-29)18-21-4-2-3-5-24(21)19-6-10-22(26)11-7-19/h2-13H,14-18H2,1H3,(H,27,30). The summed E-state index contributed by atoms with van der Waals surface area (Å²) < 4.78 is 2.76. The Morgan fingerprint density at radius 3 is 2.29 bits per heavy atom. The van der Waals surface area contributed by atoms with Crippen molar-refractivity contribution in [1.29, 1.82) is 0 Å². The first kappa shape index (κ1) is 21.8. The lowest BCUT2D eigenvalue weighted by Crippen LogP contribution is -2.46. The first-order chi connectivity index (χ1) is 15.1. The van der Waals surface area contributed by atoms with Gasteiger partial charge in [-0.3, -0.25) is 14.4 Å². The largest absolute Gasteiger partial charge is 0.369 e. The molecule has 160 valence electrons. The van der Waals surface area contributed by atoms with Gasteiger partial charge in [-0.25, -0.2) is 0 Å². The van der Waals surface area contributed by atoms with E-state index in [4.69, 9.17) is 11.6 Å². The number of anilines is 1. The number of rotatable bonds is 6. The third-order valence-electron chi connectivity index (χ3n) is 5.63. The second-order valence-corrected chi connectivity index (χ2v) is 8.66. The van der Waals surface area contributed by atoms with E-state index in [9.17, 15) is 4.79 Å². The molecule has 1 aliphatic rings. The van der Waals surface area contributed by atoms with Gasteiger partial charge in [-0.05, 0) is 53.1 Å². The molecule has 6 heteroatoms. The van der Waals surface area contributed by atoms with Crippen molar-refractivity contribution >= 4 is 35.1 Å². The van der Waals surface area contributed by atoms with Gasteiger partial charge in [0.2, 0.25) is 0 Å². The highest BCUT2D eigenvalue weighted by Crippen LogP contribution is 2.27. The number of nitrogens with zero attached hydrogens (tertiary/aromatic N) is 2. The van der Waals surface area contributed by atoms with E-state index in [0.717, 1.165) is 37.7 Å². The van der Waals surface area contributed by atoms with Crippen molar-refractivity contribution in [3.63, 3.8) is 0 Å². The van der Waals surface area contributed by atoms with Crippen molar-refractivity contribution in [3.8, 4) is 11.1 Å². The van der Waals surface area contributed by atoms with Gasteiger partial charge in [0.25, 0.3) is 5.91 Å². The monoisotopic (exact) mass is 451 g/mol. The van der Waals surface area contributed by atoms with E-state index in [-0.39, 0.29) is 5.91 Å². The first-order valence-electron chi connectivity index (χ1n) is 10.4. The van der Waals surface area contributed by atoms with Crippen LogP contribution in [0.4, 0.5) is 5.69 Å². The third-order valence-corrected chi connectivity index (χ3v) is 6.27. The molecule has 31 heavy (non-hydrogen) atoms. The summed E-state index contributed by atoms with van der Waals surface area (Å²) in [5, 5.41) is 0.760. The Kier molecular flexibility index (Phi) is 7.17. The van der Waals surface area contributed by atoms with Crippen LogP contribution in [0.25, 0.3) is 11.1 Å². The Bertz CT molecular complexity index is 1020. The van der Waals surface area contributed by atoms with Crippen LogP contribution >= 0.6 is 23.5 Å². The zero-order valence-corrected chi connectivity index (χ0v) is 19.1. The Morgan fingerprint density at radius 2 is 1.61 bits per heavy atom. The number of carbonyl (C=O) groups excluding carboxylic acids is 1. The van der Waals surface area contributed by atoms with Gasteiger partial charge in [0.1, 0.15) is 0 Å². The highest BCUT2D eigenvalue weighted by Gasteiger charge is 2.19. The predicted octanol–water partition coefficient (Wildman–Crippen LogP) is 5.34. The van der Waals surface area contributed by atoms with Crippen molar-refractivity contribution in [2.45, 2.75) is 6.54 Å². The Labute approximate surface area is 193 Å². The topological polar surface area (TPSA) is 35.6 Å². The molecule has 0 radical (unpaired) electrons. The molecule has 0 unspecified atom stereocenters. The minimum Gasteiger partial charge on any atom is -0.369 e. The highest BCUT2D eigenvalue weighted by atomic mass is 35.5. The number of piperazine rings is 1. The molecule has 0 aromatic heterocycles. The molecule has 0 spiro atoms. The molecule has 0 aliphatic carbocycles. The lowest BCUT2D eigenvalue weighted by molar-refractivity contribution is 0.0984. The molecule has 1 heterocycles. The highest BCUT2D eigenvalue weighted by molar-refractivity contribution is 7.97. The van der Waals surface area contributed by atoms with E-state index >= 15 is 0 Å². The maximum absolute atomic E-state index is 11.9. The molecule has 4 nitrogen and oxygen atoms in total. The second kappa shape index (κ2) is 10.2. The quantitative estimate of drug-likeness (QED) is 0.513. The van der Waals surface area contributed by atoms with Crippen molar-refractivity contribution in [2.24, 2.45) is 0 Å². The molecule has 1 amide bonds. The lowest BCUT2D eigenvalue weighted by Gasteiger charge is -2.36. The third kappa shape index (κ3) is 5.42. The van der Waals surface area contributed by atoms with E-state index < -0.39 is 0 Å².